The Kier molecular flexibility index (Phi) is 6.01. The molecule has 1 rings (SSSR count). The quantitative estimate of drug-likeness (QED) is 0.593. The lowest BCUT2D eigenvalue weighted by Crippen LogP contribution is -2.17. The summed E-state index contributed by atoms with van der Waals surface area (Å²) in [6.07, 6.45) is -0.357. The van der Waals surface area contributed by atoms with Gasteiger partial charge >= 0.3 is 5.97 Å². The van der Waals surface area contributed by atoms with E-state index in [9.17, 15) is 13.8 Å². The summed E-state index contributed by atoms with van der Waals surface area (Å²) < 4.78 is 16.5. The monoisotopic (exact) mass is 288 g/mol. The number of hydrogen-bond donors (Lipinski definition) is 0. The molecule has 0 saturated carbocycles. The zero-order valence-electron chi connectivity index (χ0n) is 9.85. The molecule has 0 heterocycles. The molecule has 1 atom stereocenters. The summed E-state index contributed by atoms with van der Waals surface area (Å²) in [5.41, 5.74) is 0. The van der Waals surface area contributed by atoms with Crippen LogP contribution in [-0.2, 0) is 25.1 Å². The molecule has 98 valence electrons. The third-order valence-corrected chi connectivity index (χ3v) is 3.89. The second-order valence-electron chi connectivity index (χ2n) is 3.44. The van der Waals surface area contributed by atoms with Crippen molar-refractivity contribution in [1.29, 1.82) is 0 Å². The minimum absolute atomic E-state index is 0.222. The molecule has 0 aliphatic rings. The molecule has 6 heteroatoms. The summed E-state index contributed by atoms with van der Waals surface area (Å²) in [5, 5.41) is 0.347. The summed E-state index contributed by atoms with van der Waals surface area (Å²) in [5.74, 6) is -1.26. The fourth-order valence-corrected chi connectivity index (χ4v) is 2.74. The van der Waals surface area contributed by atoms with Gasteiger partial charge in [0.15, 0.2) is 5.78 Å². The maximum Gasteiger partial charge on any atom is 0.313 e. The van der Waals surface area contributed by atoms with Gasteiger partial charge in [0.2, 0.25) is 0 Å². The predicted molar refractivity (Wildman–Crippen MR) is 69.0 cm³/mol. The molecule has 0 bridgehead atoms. The van der Waals surface area contributed by atoms with Gasteiger partial charge in [0, 0.05) is 0 Å². The van der Waals surface area contributed by atoms with Crippen LogP contribution in [-0.4, -0.2) is 28.3 Å². The average Bonchev–Trinajstić information content (AvgIpc) is 2.29. The average molecular weight is 289 g/mol. The number of ether oxygens (including phenoxy) is 1. The molecule has 0 saturated heterocycles. The minimum Gasteiger partial charge on any atom is -0.466 e. The SMILES string of the molecule is CCOC(=O)CC(=O)CS(=O)c1ccccc1Cl. The largest absolute Gasteiger partial charge is 0.466 e. The number of halogens is 1. The van der Waals surface area contributed by atoms with Crippen LogP contribution in [0.25, 0.3) is 0 Å². The second kappa shape index (κ2) is 7.28. The topological polar surface area (TPSA) is 60.4 Å². The van der Waals surface area contributed by atoms with E-state index in [0.29, 0.717) is 9.92 Å². The van der Waals surface area contributed by atoms with Crippen molar-refractivity contribution < 1.29 is 18.5 Å². The zero-order chi connectivity index (χ0) is 13.5. The van der Waals surface area contributed by atoms with Gasteiger partial charge in [-0.1, -0.05) is 23.7 Å². The minimum atomic E-state index is -1.53. The number of carbonyl (C=O) groups excluding carboxylic acids is 2. The Morgan fingerprint density at radius 2 is 2.00 bits per heavy atom. The first-order valence-electron chi connectivity index (χ1n) is 5.34. The highest BCUT2D eigenvalue weighted by Gasteiger charge is 2.16. The normalized spacial score (nSPS) is 11.9. The molecule has 1 aromatic carbocycles. The van der Waals surface area contributed by atoms with Crippen LogP contribution in [0.15, 0.2) is 29.2 Å². The Balaban J connectivity index is 2.58. The maximum atomic E-state index is 11.9. The van der Waals surface area contributed by atoms with Crippen LogP contribution in [0, 0.1) is 0 Å². The molecule has 0 radical (unpaired) electrons. The lowest BCUT2D eigenvalue weighted by Gasteiger charge is -2.04. The molecule has 0 N–H and O–H groups in total. The predicted octanol–water partition coefficient (Wildman–Crippen LogP) is 1.97. The van der Waals surface area contributed by atoms with Crippen molar-refractivity contribution in [3.05, 3.63) is 29.3 Å². The van der Waals surface area contributed by atoms with E-state index in [1.54, 1.807) is 31.2 Å². The Hall–Kier alpha value is -1.20. The number of esters is 1. The molecule has 1 unspecified atom stereocenters. The van der Waals surface area contributed by atoms with Gasteiger partial charge in [-0.25, -0.2) is 0 Å². The first-order valence-corrected chi connectivity index (χ1v) is 7.04. The number of hydrogen-bond acceptors (Lipinski definition) is 4. The van der Waals surface area contributed by atoms with E-state index >= 15 is 0 Å². The standard InChI is InChI=1S/C12H13ClO4S/c1-2-17-12(15)7-9(14)8-18(16)11-6-4-3-5-10(11)13/h3-6H,2,7-8H2,1H3. The number of Topliss-reactive ketones (excluding diaryl/α,β-unsaturated/α-hetero) is 1. The van der Waals surface area contributed by atoms with Gasteiger partial charge in [-0.15, -0.1) is 0 Å². The van der Waals surface area contributed by atoms with Crippen molar-refractivity contribution in [1.82, 2.24) is 0 Å². The Morgan fingerprint density at radius 3 is 2.61 bits per heavy atom. The third-order valence-electron chi connectivity index (χ3n) is 2.02. The van der Waals surface area contributed by atoms with Crippen LogP contribution in [0.4, 0.5) is 0 Å². The van der Waals surface area contributed by atoms with E-state index in [4.69, 9.17) is 11.6 Å². The summed E-state index contributed by atoms with van der Waals surface area (Å²) in [7, 11) is -1.53. The van der Waals surface area contributed by atoms with E-state index < -0.39 is 22.6 Å². The lowest BCUT2D eigenvalue weighted by molar-refractivity contribution is -0.145. The Bertz CT molecular complexity index is 473. The van der Waals surface area contributed by atoms with Gasteiger partial charge in [-0.3, -0.25) is 13.8 Å². The molecule has 1 aromatic rings. The van der Waals surface area contributed by atoms with E-state index in [-0.39, 0.29) is 18.8 Å². The highest BCUT2D eigenvalue weighted by molar-refractivity contribution is 7.86. The first kappa shape index (κ1) is 14.9. The van der Waals surface area contributed by atoms with Gasteiger partial charge in [0.25, 0.3) is 0 Å². The Labute approximate surface area is 113 Å². The molecule has 4 nitrogen and oxygen atoms in total. The van der Waals surface area contributed by atoms with Crippen molar-refractivity contribution in [3.8, 4) is 0 Å². The molecule has 0 fully saturated rings. The van der Waals surface area contributed by atoms with E-state index in [1.165, 1.54) is 0 Å². The molecule has 18 heavy (non-hydrogen) atoms. The first-order chi connectivity index (χ1) is 8.54. The highest BCUT2D eigenvalue weighted by Crippen LogP contribution is 2.19. The van der Waals surface area contributed by atoms with E-state index in [1.807, 2.05) is 0 Å². The van der Waals surface area contributed by atoms with Gasteiger partial charge in [-0.05, 0) is 19.1 Å². The van der Waals surface area contributed by atoms with Crippen LogP contribution in [0.5, 0.6) is 0 Å². The van der Waals surface area contributed by atoms with Crippen molar-refractivity contribution in [3.63, 3.8) is 0 Å². The molecular formula is C12H13ClO4S. The fraction of sp³-hybridized carbons (Fsp3) is 0.333. The maximum absolute atomic E-state index is 11.9. The molecule has 0 aromatic heterocycles. The summed E-state index contributed by atoms with van der Waals surface area (Å²) in [6.45, 7) is 1.88. The van der Waals surface area contributed by atoms with Gasteiger partial charge in [-0.2, -0.15) is 0 Å². The zero-order valence-corrected chi connectivity index (χ0v) is 11.4. The number of benzene rings is 1. The Morgan fingerprint density at radius 1 is 1.33 bits per heavy atom. The van der Waals surface area contributed by atoms with Crippen molar-refractivity contribution in [2.75, 3.05) is 12.4 Å². The highest BCUT2D eigenvalue weighted by atomic mass is 35.5. The van der Waals surface area contributed by atoms with E-state index in [0.717, 1.165) is 0 Å². The van der Waals surface area contributed by atoms with Crippen molar-refractivity contribution >= 4 is 34.2 Å². The van der Waals surface area contributed by atoms with Crippen molar-refractivity contribution in [2.24, 2.45) is 0 Å². The second-order valence-corrected chi connectivity index (χ2v) is 5.27. The van der Waals surface area contributed by atoms with Gasteiger partial charge in [0.05, 0.1) is 33.1 Å². The molecule has 0 aliphatic heterocycles. The number of rotatable bonds is 6. The van der Waals surface area contributed by atoms with Gasteiger partial charge in [0.1, 0.15) is 6.42 Å². The van der Waals surface area contributed by atoms with Crippen LogP contribution in [0.3, 0.4) is 0 Å². The van der Waals surface area contributed by atoms with Crippen LogP contribution in [0.2, 0.25) is 5.02 Å². The third kappa shape index (κ3) is 4.58. The van der Waals surface area contributed by atoms with Crippen LogP contribution >= 0.6 is 11.6 Å². The summed E-state index contributed by atoms with van der Waals surface area (Å²) in [4.78, 5) is 23.0. The van der Waals surface area contributed by atoms with E-state index in [2.05, 4.69) is 4.74 Å². The lowest BCUT2D eigenvalue weighted by atomic mass is 10.3. The molecule has 0 spiro atoms. The number of carbonyl (C=O) groups is 2. The van der Waals surface area contributed by atoms with Crippen LogP contribution < -0.4 is 0 Å². The summed E-state index contributed by atoms with van der Waals surface area (Å²) >= 11 is 5.86. The van der Waals surface area contributed by atoms with Gasteiger partial charge < -0.3 is 4.74 Å². The molecule has 0 amide bonds. The van der Waals surface area contributed by atoms with Crippen LogP contribution in [0.1, 0.15) is 13.3 Å². The smallest absolute Gasteiger partial charge is 0.313 e. The molecular weight excluding hydrogens is 276 g/mol. The molecule has 0 aliphatic carbocycles. The van der Waals surface area contributed by atoms with Crippen molar-refractivity contribution in [2.45, 2.75) is 18.2 Å². The fourth-order valence-electron chi connectivity index (χ4n) is 1.28. The number of ketones is 1. The summed E-state index contributed by atoms with van der Waals surface area (Å²) in [6, 6.07) is 6.60.